The summed E-state index contributed by atoms with van der Waals surface area (Å²) < 4.78 is 0. The van der Waals surface area contributed by atoms with Gasteiger partial charge in [-0.1, -0.05) is 38.1 Å². The lowest BCUT2D eigenvalue weighted by molar-refractivity contribution is 0.282. The van der Waals surface area contributed by atoms with Gasteiger partial charge in [0, 0.05) is 0 Å². The molecule has 0 aliphatic heterocycles. The second kappa shape index (κ2) is 4.26. The second-order valence-corrected chi connectivity index (χ2v) is 4.66. The summed E-state index contributed by atoms with van der Waals surface area (Å²) in [7, 11) is 0. The first-order valence-corrected chi connectivity index (χ1v) is 5.76. The summed E-state index contributed by atoms with van der Waals surface area (Å²) in [6, 6.07) is 10.6. The van der Waals surface area contributed by atoms with Crippen LogP contribution in [-0.2, 0) is 6.61 Å². The quantitative estimate of drug-likeness (QED) is 0.807. The van der Waals surface area contributed by atoms with Gasteiger partial charge in [-0.05, 0) is 46.4 Å². The minimum atomic E-state index is 0.113. The van der Waals surface area contributed by atoms with E-state index >= 15 is 0 Å². The highest BCUT2D eigenvalue weighted by Gasteiger charge is 2.07. The highest BCUT2D eigenvalue weighted by atomic mass is 16.3. The summed E-state index contributed by atoms with van der Waals surface area (Å²) in [5.74, 6) is 0.511. The van der Waals surface area contributed by atoms with E-state index in [9.17, 15) is 5.11 Å². The number of aryl methyl sites for hydroxylation is 1. The Balaban J connectivity index is 2.77. The van der Waals surface area contributed by atoms with Crippen molar-refractivity contribution < 1.29 is 5.11 Å². The van der Waals surface area contributed by atoms with Crippen LogP contribution in [0.2, 0.25) is 0 Å². The number of aliphatic hydroxyl groups is 1. The van der Waals surface area contributed by atoms with Crippen molar-refractivity contribution in [3.8, 4) is 0 Å². The summed E-state index contributed by atoms with van der Waals surface area (Å²) >= 11 is 0. The molecule has 0 aliphatic carbocycles. The van der Waals surface area contributed by atoms with Gasteiger partial charge in [-0.3, -0.25) is 0 Å². The molecule has 0 unspecified atom stereocenters. The molecule has 0 saturated carbocycles. The van der Waals surface area contributed by atoms with E-state index in [0.717, 1.165) is 5.56 Å². The Morgan fingerprint density at radius 2 is 1.81 bits per heavy atom. The van der Waals surface area contributed by atoms with Crippen molar-refractivity contribution in [2.75, 3.05) is 0 Å². The van der Waals surface area contributed by atoms with Crippen LogP contribution in [0.4, 0.5) is 0 Å². The fraction of sp³-hybridized carbons (Fsp3) is 0.333. The van der Waals surface area contributed by atoms with Crippen molar-refractivity contribution in [1.82, 2.24) is 0 Å². The van der Waals surface area contributed by atoms with Crippen molar-refractivity contribution in [1.29, 1.82) is 0 Å². The van der Waals surface area contributed by atoms with Gasteiger partial charge in [-0.25, -0.2) is 0 Å². The molecule has 84 valence electrons. The summed E-state index contributed by atoms with van der Waals surface area (Å²) in [6.45, 7) is 6.65. The molecule has 2 rings (SSSR count). The SMILES string of the molecule is Cc1ccc(C(C)C)c2cc(CO)ccc12. The summed E-state index contributed by atoms with van der Waals surface area (Å²) in [5, 5.41) is 11.8. The van der Waals surface area contributed by atoms with Crippen LogP contribution in [-0.4, -0.2) is 5.11 Å². The van der Waals surface area contributed by atoms with E-state index in [1.54, 1.807) is 0 Å². The van der Waals surface area contributed by atoms with E-state index in [-0.39, 0.29) is 6.61 Å². The lowest BCUT2D eigenvalue weighted by Crippen LogP contribution is -1.93. The van der Waals surface area contributed by atoms with Gasteiger partial charge < -0.3 is 5.11 Å². The van der Waals surface area contributed by atoms with E-state index in [4.69, 9.17) is 0 Å². The molecule has 0 aromatic heterocycles. The topological polar surface area (TPSA) is 20.2 Å². The molecular formula is C15H18O. The molecule has 0 radical (unpaired) electrons. The van der Waals surface area contributed by atoms with Crippen molar-refractivity contribution in [2.45, 2.75) is 33.3 Å². The van der Waals surface area contributed by atoms with Gasteiger partial charge in [0.25, 0.3) is 0 Å². The molecular weight excluding hydrogens is 196 g/mol. The Hall–Kier alpha value is -1.34. The Bertz CT molecular complexity index is 512. The second-order valence-electron chi connectivity index (χ2n) is 4.66. The molecule has 0 fully saturated rings. The van der Waals surface area contributed by atoms with E-state index in [0.29, 0.717) is 5.92 Å². The third kappa shape index (κ3) is 1.83. The Labute approximate surface area is 96.7 Å². The zero-order chi connectivity index (χ0) is 11.7. The molecule has 2 aromatic rings. The predicted octanol–water partition coefficient (Wildman–Crippen LogP) is 3.76. The Kier molecular flexibility index (Phi) is 2.97. The van der Waals surface area contributed by atoms with Crippen LogP contribution in [0, 0.1) is 6.92 Å². The van der Waals surface area contributed by atoms with Gasteiger partial charge in [-0.2, -0.15) is 0 Å². The molecule has 0 amide bonds. The lowest BCUT2D eigenvalue weighted by atomic mass is 9.92. The summed E-state index contributed by atoms with van der Waals surface area (Å²) in [4.78, 5) is 0. The normalized spacial score (nSPS) is 11.3. The smallest absolute Gasteiger partial charge is 0.0682 e. The standard InChI is InChI=1S/C15H18O/c1-10(2)13-6-4-11(3)14-7-5-12(9-16)8-15(13)14/h4-8,10,16H,9H2,1-3H3. The fourth-order valence-corrected chi connectivity index (χ4v) is 2.17. The van der Waals surface area contributed by atoms with Gasteiger partial charge in [-0.15, -0.1) is 0 Å². The molecule has 0 heterocycles. The number of rotatable bonds is 2. The van der Waals surface area contributed by atoms with Gasteiger partial charge in [0.15, 0.2) is 0 Å². The molecule has 0 atom stereocenters. The molecule has 16 heavy (non-hydrogen) atoms. The van der Waals surface area contributed by atoms with Gasteiger partial charge in [0.05, 0.1) is 6.61 Å². The fourth-order valence-electron chi connectivity index (χ4n) is 2.17. The van der Waals surface area contributed by atoms with E-state index < -0.39 is 0 Å². The zero-order valence-corrected chi connectivity index (χ0v) is 10.1. The number of benzene rings is 2. The van der Waals surface area contributed by atoms with Crippen molar-refractivity contribution in [3.63, 3.8) is 0 Å². The van der Waals surface area contributed by atoms with Crippen LogP contribution < -0.4 is 0 Å². The summed E-state index contributed by atoms with van der Waals surface area (Å²) in [6.07, 6.45) is 0. The predicted molar refractivity (Wildman–Crippen MR) is 68.7 cm³/mol. The van der Waals surface area contributed by atoms with Gasteiger partial charge in [0.1, 0.15) is 0 Å². The third-order valence-corrected chi connectivity index (χ3v) is 3.14. The number of aliphatic hydroxyl groups excluding tert-OH is 1. The largest absolute Gasteiger partial charge is 0.392 e. The first-order valence-electron chi connectivity index (χ1n) is 5.76. The van der Waals surface area contributed by atoms with E-state index in [2.05, 4.69) is 45.0 Å². The molecule has 1 N–H and O–H groups in total. The molecule has 0 aliphatic rings. The van der Waals surface area contributed by atoms with Crippen molar-refractivity contribution in [2.24, 2.45) is 0 Å². The first-order chi connectivity index (χ1) is 7.63. The third-order valence-electron chi connectivity index (χ3n) is 3.14. The van der Waals surface area contributed by atoms with Crippen LogP contribution in [0.25, 0.3) is 10.8 Å². The molecule has 0 saturated heterocycles. The van der Waals surface area contributed by atoms with Crippen LogP contribution in [0.15, 0.2) is 30.3 Å². The number of hydrogen-bond acceptors (Lipinski definition) is 1. The van der Waals surface area contributed by atoms with Crippen LogP contribution in [0.5, 0.6) is 0 Å². The average molecular weight is 214 g/mol. The molecule has 1 heteroatoms. The van der Waals surface area contributed by atoms with Crippen molar-refractivity contribution >= 4 is 10.8 Å². The van der Waals surface area contributed by atoms with Gasteiger partial charge >= 0.3 is 0 Å². The van der Waals surface area contributed by atoms with E-state index in [1.165, 1.54) is 21.9 Å². The Morgan fingerprint density at radius 3 is 2.44 bits per heavy atom. The number of hydrogen-bond donors (Lipinski definition) is 1. The highest BCUT2D eigenvalue weighted by Crippen LogP contribution is 2.28. The van der Waals surface area contributed by atoms with Gasteiger partial charge in [0.2, 0.25) is 0 Å². The minimum Gasteiger partial charge on any atom is -0.392 e. The highest BCUT2D eigenvalue weighted by molar-refractivity contribution is 5.89. The van der Waals surface area contributed by atoms with Crippen LogP contribution >= 0.6 is 0 Å². The van der Waals surface area contributed by atoms with Crippen LogP contribution in [0.3, 0.4) is 0 Å². The summed E-state index contributed by atoms with van der Waals surface area (Å²) in [5.41, 5.74) is 3.64. The maximum Gasteiger partial charge on any atom is 0.0682 e. The maximum atomic E-state index is 9.20. The zero-order valence-electron chi connectivity index (χ0n) is 10.1. The van der Waals surface area contributed by atoms with Crippen LogP contribution in [0.1, 0.15) is 36.5 Å². The molecule has 0 spiro atoms. The van der Waals surface area contributed by atoms with Crippen molar-refractivity contribution in [3.05, 3.63) is 47.0 Å². The molecule has 2 aromatic carbocycles. The first kappa shape index (κ1) is 11.2. The average Bonchev–Trinajstić information content (AvgIpc) is 2.28. The Morgan fingerprint density at radius 1 is 1.06 bits per heavy atom. The minimum absolute atomic E-state index is 0.113. The van der Waals surface area contributed by atoms with E-state index in [1.807, 2.05) is 6.07 Å². The molecule has 1 nitrogen and oxygen atoms in total. The number of fused-ring (bicyclic) bond motifs is 1. The monoisotopic (exact) mass is 214 g/mol. The lowest BCUT2D eigenvalue weighted by Gasteiger charge is -2.13. The maximum absolute atomic E-state index is 9.20. The molecule has 0 bridgehead atoms.